The first-order chi connectivity index (χ1) is 14.1. The molecule has 0 saturated heterocycles. The molecule has 2 aromatic carbocycles. The molecular formula is C23H24N4OS. The van der Waals surface area contributed by atoms with Gasteiger partial charge in [-0.3, -0.25) is 4.79 Å². The van der Waals surface area contributed by atoms with Gasteiger partial charge >= 0.3 is 0 Å². The molecule has 0 atom stereocenters. The topological polar surface area (TPSA) is 58.1 Å². The largest absolute Gasteiger partial charge is 0.352 e. The van der Waals surface area contributed by atoms with Crippen molar-refractivity contribution in [3.63, 3.8) is 0 Å². The number of nitrogens with one attached hydrogen (secondary N) is 1. The van der Waals surface area contributed by atoms with Gasteiger partial charge in [0.15, 0.2) is 5.16 Å². The number of benzene rings is 2. The second-order valence-corrected chi connectivity index (χ2v) is 8.16. The van der Waals surface area contributed by atoms with Gasteiger partial charge in [0.05, 0.1) is 5.75 Å². The number of rotatable bonds is 5. The molecule has 6 heteroatoms. The zero-order valence-electron chi connectivity index (χ0n) is 16.7. The number of amides is 1. The van der Waals surface area contributed by atoms with Crippen LogP contribution in [-0.2, 0) is 17.8 Å². The second-order valence-electron chi connectivity index (χ2n) is 7.22. The SMILES string of the molecule is Cc1cccc(NC(=O)CSc2nccc(N3CCc4ccccc4C3)n2)c1C. The average molecular weight is 405 g/mol. The summed E-state index contributed by atoms with van der Waals surface area (Å²) in [5, 5.41) is 3.61. The zero-order valence-corrected chi connectivity index (χ0v) is 17.5. The van der Waals surface area contributed by atoms with Crippen molar-refractivity contribution in [2.45, 2.75) is 32.0 Å². The Morgan fingerprint density at radius 3 is 2.79 bits per heavy atom. The van der Waals surface area contributed by atoms with Crippen molar-refractivity contribution < 1.29 is 4.79 Å². The van der Waals surface area contributed by atoms with E-state index in [0.29, 0.717) is 5.16 Å². The van der Waals surface area contributed by atoms with Crippen LogP contribution in [0.4, 0.5) is 11.5 Å². The van der Waals surface area contributed by atoms with E-state index in [4.69, 9.17) is 0 Å². The molecule has 29 heavy (non-hydrogen) atoms. The average Bonchev–Trinajstić information content (AvgIpc) is 2.75. The number of aryl methyl sites for hydroxylation is 1. The van der Waals surface area contributed by atoms with E-state index < -0.39 is 0 Å². The summed E-state index contributed by atoms with van der Waals surface area (Å²) in [5.74, 6) is 1.14. The summed E-state index contributed by atoms with van der Waals surface area (Å²) in [6, 6.07) is 16.4. The van der Waals surface area contributed by atoms with Gasteiger partial charge in [0.1, 0.15) is 5.82 Å². The third-order valence-electron chi connectivity index (χ3n) is 5.28. The lowest BCUT2D eigenvalue weighted by Crippen LogP contribution is -2.31. The predicted molar refractivity (Wildman–Crippen MR) is 118 cm³/mol. The first kappa shape index (κ1) is 19.5. The van der Waals surface area contributed by atoms with E-state index in [9.17, 15) is 4.79 Å². The van der Waals surface area contributed by atoms with Gasteiger partial charge in [-0.15, -0.1) is 0 Å². The van der Waals surface area contributed by atoms with Crippen molar-refractivity contribution in [2.75, 3.05) is 22.5 Å². The third-order valence-corrected chi connectivity index (χ3v) is 6.15. The molecular weight excluding hydrogens is 380 g/mol. The number of aromatic nitrogens is 2. The van der Waals surface area contributed by atoms with Crippen molar-refractivity contribution in [1.29, 1.82) is 0 Å². The Morgan fingerprint density at radius 2 is 1.93 bits per heavy atom. The Labute approximate surface area is 175 Å². The maximum Gasteiger partial charge on any atom is 0.234 e. The standard InChI is InChI=1S/C23H24N4OS/c1-16-6-5-9-20(17(16)2)25-22(28)15-29-23-24-12-10-21(26-23)27-13-11-18-7-3-4-8-19(18)14-27/h3-10,12H,11,13-15H2,1-2H3,(H,25,28). The van der Waals surface area contributed by atoms with E-state index in [2.05, 4.69) is 44.5 Å². The minimum atomic E-state index is -0.0513. The van der Waals surface area contributed by atoms with Crippen LogP contribution >= 0.6 is 11.8 Å². The fourth-order valence-electron chi connectivity index (χ4n) is 3.47. The summed E-state index contributed by atoms with van der Waals surface area (Å²) in [6.45, 7) is 5.84. The Hall–Kier alpha value is -2.86. The number of hydrogen-bond donors (Lipinski definition) is 1. The predicted octanol–water partition coefficient (Wildman–Crippen LogP) is 4.39. The first-order valence-corrected chi connectivity index (χ1v) is 10.7. The highest BCUT2D eigenvalue weighted by atomic mass is 32.2. The van der Waals surface area contributed by atoms with E-state index in [1.807, 2.05) is 38.1 Å². The maximum absolute atomic E-state index is 12.4. The molecule has 5 nitrogen and oxygen atoms in total. The summed E-state index contributed by atoms with van der Waals surface area (Å²) < 4.78 is 0. The summed E-state index contributed by atoms with van der Waals surface area (Å²) >= 11 is 1.36. The highest BCUT2D eigenvalue weighted by Gasteiger charge is 2.17. The molecule has 0 radical (unpaired) electrons. The van der Waals surface area contributed by atoms with E-state index >= 15 is 0 Å². The Balaban J connectivity index is 1.38. The molecule has 4 rings (SSSR count). The number of fused-ring (bicyclic) bond motifs is 1. The summed E-state index contributed by atoms with van der Waals surface area (Å²) in [6.07, 6.45) is 2.79. The van der Waals surface area contributed by atoms with Gasteiger partial charge in [0.2, 0.25) is 5.91 Å². The smallest absolute Gasteiger partial charge is 0.234 e. The molecule has 1 amide bonds. The Bertz CT molecular complexity index is 1040. The van der Waals surface area contributed by atoms with Gasteiger partial charge in [-0.2, -0.15) is 0 Å². The number of carbonyl (C=O) groups excluding carboxylic acids is 1. The van der Waals surface area contributed by atoms with E-state index in [0.717, 1.165) is 42.1 Å². The zero-order chi connectivity index (χ0) is 20.2. The van der Waals surface area contributed by atoms with Gasteiger partial charge in [0, 0.05) is 25.0 Å². The van der Waals surface area contributed by atoms with E-state index in [1.54, 1.807) is 6.20 Å². The molecule has 2 heterocycles. The minimum absolute atomic E-state index is 0.0513. The molecule has 1 N–H and O–H groups in total. The van der Waals surface area contributed by atoms with Crippen LogP contribution in [0.5, 0.6) is 0 Å². The minimum Gasteiger partial charge on any atom is -0.352 e. The molecule has 0 spiro atoms. The van der Waals surface area contributed by atoms with Gasteiger partial charge in [0.25, 0.3) is 0 Å². The molecule has 0 unspecified atom stereocenters. The van der Waals surface area contributed by atoms with Crippen LogP contribution in [0.2, 0.25) is 0 Å². The number of anilines is 2. The molecule has 0 fully saturated rings. The highest BCUT2D eigenvalue weighted by molar-refractivity contribution is 7.99. The lowest BCUT2D eigenvalue weighted by Gasteiger charge is -2.29. The summed E-state index contributed by atoms with van der Waals surface area (Å²) in [5.41, 5.74) is 5.87. The molecule has 1 aromatic heterocycles. The van der Waals surface area contributed by atoms with Crippen LogP contribution in [0, 0.1) is 13.8 Å². The number of hydrogen-bond acceptors (Lipinski definition) is 5. The third kappa shape index (κ3) is 4.59. The van der Waals surface area contributed by atoms with Crippen molar-refractivity contribution in [1.82, 2.24) is 9.97 Å². The van der Waals surface area contributed by atoms with Crippen LogP contribution in [0.1, 0.15) is 22.3 Å². The molecule has 0 saturated carbocycles. The summed E-state index contributed by atoms with van der Waals surface area (Å²) in [7, 11) is 0. The fraction of sp³-hybridized carbons (Fsp3) is 0.261. The molecule has 0 bridgehead atoms. The second kappa shape index (κ2) is 8.66. The van der Waals surface area contributed by atoms with E-state index in [-0.39, 0.29) is 11.7 Å². The van der Waals surface area contributed by atoms with Crippen LogP contribution in [-0.4, -0.2) is 28.2 Å². The van der Waals surface area contributed by atoms with Gasteiger partial charge < -0.3 is 10.2 Å². The number of thioether (sulfide) groups is 1. The Morgan fingerprint density at radius 1 is 1.10 bits per heavy atom. The Kier molecular flexibility index (Phi) is 5.81. The van der Waals surface area contributed by atoms with Gasteiger partial charge in [-0.1, -0.05) is 48.2 Å². The number of nitrogens with zero attached hydrogens (tertiary/aromatic N) is 3. The molecule has 1 aliphatic rings. The van der Waals surface area contributed by atoms with Gasteiger partial charge in [-0.05, 0) is 54.7 Å². The van der Waals surface area contributed by atoms with Crippen LogP contribution in [0.15, 0.2) is 59.9 Å². The molecule has 148 valence electrons. The fourth-order valence-corrected chi connectivity index (χ4v) is 4.10. The van der Waals surface area contributed by atoms with Crippen LogP contribution < -0.4 is 10.2 Å². The summed E-state index contributed by atoms with van der Waals surface area (Å²) in [4.78, 5) is 23.7. The lowest BCUT2D eigenvalue weighted by molar-refractivity contribution is -0.113. The molecule has 3 aromatic rings. The quantitative estimate of drug-likeness (QED) is 0.505. The van der Waals surface area contributed by atoms with Crippen molar-refractivity contribution in [3.05, 3.63) is 77.0 Å². The first-order valence-electron chi connectivity index (χ1n) is 9.74. The maximum atomic E-state index is 12.4. The van der Waals surface area contributed by atoms with Crippen LogP contribution in [0.25, 0.3) is 0 Å². The van der Waals surface area contributed by atoms with Crippen molar-refractivity contribution in [2.24, 2.45) is 0 Å². The molecule has 1 aliphatic heterocycles. The lowest BCUT2D eigenvalue weighted by atomic mass is 10.00. The van der Waals surface area contributed by atoms with Crippen molar-refractivity contribution in [3.8, 4) is 0 Å². The van der Waals surface area contributed by atoms with E-state index in [1.165, 1.54) is 22.9 Å². The monoisotopic (exact) mass is 404 g/mol. The van der Waals surface area contributed by atoms with Crippen molar-refractivity contribution >= 4 is 29.2 Å². The molecule has 0 aliphatic carbocycles. The van der Waals surface area contributed by atoms with Crippen LogP contribution in [0.3, 0.4) is 0 Å². The highest BCUT2D eigenvalue weighted by Crippen LogP contribution is 2.25. The normalized spacial score (nSPS) is 13.1. The van der Waals surface area contributed by atoms with Gasteiger partial charge in [-0.25, -0.2) is 9.97 Å². The number of carbonyl (C=O) groups is 1.